The SMILES string of the molecule is Cn1nccc1Nc1cc(-c2ccc(NC(=O)Cc3ccccc3Cl)c(C#N)c2)c(Cl)cn1. The molecule has 9 heteroatoms. The molecule has 0 fully saturated rings. The largest absolute Gasteiger partial charge is 0.325 e. The van der Waals surface area contributed by atoms with Gasteiger partial charge < -0.3 is 10.6 Å². The van der Waals surface area contributed by atoms with Crippen LogP contribution in [0.25, 0.3) is 11.1 Å². The van der Waals surface area contributed by atoms with Crippen molar-refractivity contribution in [3.05, 3.63) is 88.2 Å². The summed E-state index contributed by atoms with van der Waals surface area (Å²) in [6.07, 6.45) is 3.32. The van der Waals surface area contributed by atoms with Gasteiger partial charge in [-0.25, -0.2) is 4.98 Å². The number of hydrogen-bond donors (Lipinski definition) is 2. The van der Waals surface area contributed by atoms with Gasteiger partial charge in [-0.05, 0) is 35.4 Å². The molecule has 0 aliphatic heterocycles. The standard InChI is InChI=1S/C24H18Cl2N6O/c1-32-23(8-9-29-32)31-22-12-18(20(26)14-28-22)15-6-7-21(17(10-15)13-27)30-24(33)11-16-4-2-3-5-19(16)25/h2-10,12,14H,11H2,1H3,(H,28,31)(H,30,33). The van der Waals surface area contributed by atoms with Crippen LogP contribution in [0.15, 0.2) is 67.0 Å². The molecule has 0 aliphatic rings. The van der Waals surface area contributed by atoms with Crippen molar-refractivity contribution < 1.29 is 4.79 Å². The van der Waals surface area contributed by atoms with Crippen molar-refractivity contribution >= 4 is 46.4 Å². The summed E-state index contributed by atoms with van der Waals surface area (Å²) in [5.74, 6) is 1.08. The topological polar surface area (TPSA) is 95.6 Å². The predicted molar refractivity (Wildman–Crippen MR) is 130 cm³/mol. The van der Waals surface area contributed by atoms with Gasteiger partial charge in [0.25, 0.3) is 0 Å². The molecule has 2 N–H and O–H groups in total. The van der Waals surface area contributed by atoms with E-state index in [1.807, 2.05) is 19.2 Å². The first-order chi connectivity index (χ1) is 15.9. The van der Waals surface area contributed by atoms with Gasteiger partial charge in [0.1, 0.15) is 17.7 Å². The van der Waals surface area contributed by atoms with E-state index in [1.165, 1.54) is 0 Å². The lowest BCUT2D eigenvalue weighted by molar-refractivity contribution is -0.115. The van der Waals surface area contributed by atoms with Crippen LogP contribution in [0, 0.1) is 11.3 Å². The number of benzene rings is 2. The van der Waals surface area contributed by atoms with Gasteiger partial charge in [0.2, 0.25) is 5.91 Å². The Hall–Kier alpha value is -3.86. The lowest BCUT2D eigenvalue weighted by atomic mass is 10.0. The highest BCUT2D eigenvalue weighted by Gasteiger charge is 2.13. The van der Waals surface area contributed by atoms with Gasteiger partial charge in [-0.15, -0.1) is 0 Å². The summed E-state index contributed by atoms with van der Waals surface area (Å²) in [6.45, 7) is 0. The third-order valence-corrected chi connectivity index (χ3v) is 5.64. The number of halogens is 2. The molecular formula is C24H18Cl2N6O. The highest BCUT2D eigenvalue weighted by Crippen LogP contribution is 2.32. The van der Waals surface area contributed by atoms with E-state index in [2.05, 4.69) is 26.8 Å². The van der Waals surface area contributed by atoms with Crippen LogP contribution >= 0.6 is 23.2 Å². The number of nitrogens with zero attached hydrogens (tertiary/aromatic N) is 4. The number of hydrogen-bond acceptors (Lipinski definition) is 5. The molecule has 0 radical (unpaired) electrons. The highest BCUT2D eigenvalue weighted by molar-refractivity contribution is 6.33. The zero-order chi connectivity index (χ0) is 23.4. The monoisotopic (exact) mass is 476 g/mol. The van der Waals surface area contributed by atoms with Gasteiger partial charge in [0, 0.05) is 29.9 Å². The third kappa shape index (κ3) is 5.14. The number of anilines is 3. The van der Waals surface area contributed by atoms with Crippen molar-refractivity contribution in [2.24, 2.45) is 7.05 Å². The van der Waals surface area contributed by atoms with Crippen LogP contribution in [0.2, 0.25) is 10.0 Å². The minimum Gasteiger partial charge on any atom is -0.325 e. The molecule has 0 atom stereocenters. The van der Waals surface area contributed by atoms with Crippen LogP contribution in [-0.4, -0.2) is 20.7 Å². The van der Waals surface area contributed by atoms with Crippen molar-refractivity contribution in [2.75, 3.05) is 10.6 Å². The number of nitrogens with one attached hydrogen (secondary N) is 2. The first-order valence-corrected chi connectivity index (χ1v) is 10.7. The quantitative estimate of drug-likeness (QED) is 0.378. The number of rotatable bonds is 6. The fraction of sp³-hybridized carbons (Fsp3) is 0.0833. The molecule has 0 bridgehead atoms. The molecule has 4 rings (SSSR count). The van der Waals surface area contributed by atoms with Crippen molar-refractivity contribution in [2.45, 2.75) is 6.42 Å². The van der Waals surface area contributed by atoms with Crippen LogP contribution in [0.3, 0.4) is 0 Å². The Morgan fingerprint density at radius 1 is 1.12 bits per heavy atom. The molecule has 0 unspecified atom stereocenters. The van der Waals surface area contributed by atoms with E-state index >= 15 is 0 Å². The molecule has 33 heavy (non-hydrogen) atoms. The average Bonchev–Trinajstić information content (AvgIpc) is 3.21. The van der Waals surface area contributed by atoms with E-state index < -0.39 is 0 Å². The summed E-state index contributed by atoms with van der Waals surface area (Å²) >= 11 is 12.5. The van der Waals surface area contributed by atoms with E-state index in [9.17, 15) is 10.1 Å². The molecule has 0 aliphatic carbocycles. The zero-order valence-corrected chi connectivity index (χ0v) is 19.0. The Labute approximate surface area is 200 Å². The predicted octanol–water partition coefficient (Wildman–Crippen LogP) is 5.59. The van der Waals surface area contributed by atoms with Crippen LogP contribution < -0.4 is 10.6 Å². The maximum atomic E-state index is 12.5. The zero-order valence-electron chi connectivity index (χ0n) is 17.5. The Bertz CT molecular complexity index is 1380. The van der Waals surface area contributed by atoms with Gasteiger partial charge in [-0.2, -0.15) is 10.4 Å². The third-order valence-electron chi connectivity index (χ3n) is 4.97. The van der Waals surface area contributed by atoms with Gasteiger partial charge in [-0.1, -0.05) is 47.5 Å². The summed E-state index contributed by atoms with van der Waals surface area (Å²) in [6, 6.07) is 18.1. The first-order valence-electron chi connectivity index (χ1n) is 9.93. The lowest BCUT2D eigenvalue weighted by Gasteiger charge is -2.12. The molecule has 164 valence electrons. The normalized spacial score (nSPS) is 10.5. The van der Waals surface area contributed by atoms with E-state index in [-0.39, 0.29) is 12.3 Å². The second-order valence-corrected chi connectivity index (χ2v) is 8.02. The van der Waals surface area contributed by atoms with Crippen LogP contribution in [0.5, 0.6) is 0 Å². The van der Waals surface area contributed by atoms with Gasteiger partial charge in [0.05, 0.1) is 28.9 Å². The summed E-state index contributed by atoms with van der Waals surface area (Å²) < 4.78 is 1.68. The second-order valence-electron chi connectivity index (χ2n) is 7.20. The Kier molecular flexibility index (Phi) is 6.59. The number of aromatic nitrogens is 3. The maximum Gasteiger partial charge on any atom is 0.228 e. The fourth-order valence-electron chi connectivity index (χ4n) is 3.28. The molecule has 7 nitrogen and oxygen atoms in total. The van der Waals surface area contributed by atoms with Gasteiger partial charge in [0.15, 0.2) is 0 Å². The molecule has 2 aromatic carbocycles. The maximum absolute atomic E-state index is 12.5. The van der Waals surface area contributed by atoms with Crippen molar-refractivity contribution in [3.63, 3.8) is 0 Å². The Balaban J connectivity index is 1.57. The van der Waals surface area contributed by atoms with Crippen molar-refractivity contribution in [3.8, 4) is 17.2 Å². The molecule has 2 heterocycles. The minimum atomic E-state index is -0.267. The smallest absolute Gasteiger partial charge is 0.228 e. The Morgan fingerprint density at radius 2 is 1.94 bits per heavy atom. The summed E-state index contributed by atoms with van der Waals surface area (Å²) in [5.41, 5.74) is 2.85. The molecule has 4 aromatic rings. The summed E-state index contributed by atoms with van der Waals surface area (Å²) in [4.78, 5) is 16.8. The fourth-order valence-corrected chi connectivity index (χ4v) is 3.69. The molecular weight excluding hydrogens is 459 g/mol. The lowest BCUT2D eigenvalue weighted by Crippen LogP contribution is -2.15. The van der Waals surface area contributed by atoms with E-state index in [1.54, 1.807) is 59.5 Å². The van der Waals surface area contributed by atoms with Gasteiger partial charge >= 0.3 is 0 Å². The summed E-state index contributed by atoms with van der Waals surface area (Å²) in [7, 11) is 1.82. The number of nitriles is 1. The number of carbonyl (C=O) groups excluding carboxylic acids is 1. The molecule has 2 aromatic heterocycles. The molecule has 0 saturated carbocycles. The van der Waals surface area contributed by atoms with E-state index in [0.717, 1.165) is 11.4 Å². The minimum absolute atomic E-state index is 0.103. The Morgan fingerprint density at radius 3 is 2.67 bits per heavy atom. The molecule has 0 saturated heterocycles. The number of pyridine rings is 1. The molecule has 1 amide bonds. The summed E-state index contributed by atoms with van der Waals surface area (Å²) in [5, 5.41) is 20.7. The number of amides is 1. The van der Waals surface area contributed by atoms with Crippen molar-refractivity contribution in [1.29, 1.82) is 5.26 Å². The number of carbonyl (C=O) groups is 1. The molecule has 0 spiro atoms. The first kappa shape index (κ1) is 22.3. The van der Waals surface area contributed by atoms with Crippen LogP contribution in [0.4, 0.5) is 17.3 Å². The van der Waals surface area contributed by atoms with E-state index in [0.29, 0.717) is 38.2 Å². The highest BCUT2D eigenvalue weighted by atomic mass is 35.5. The van der Waals surface area contributed by atoms with Gasteiger partial charge in [-0.3, -0.25) is 9.48 Å². The van der Waals surface area contributed by atoms with Crippen LogP contribution in [-0.2, 0) is 18.3 Å². The van der Waals surface area contributed by atoms with Crippen LogP contribution in [0.1, 0.15) is 11.1 Å². The van der Waals surface area contributed by atoms with Crippen molar-refractivity contribution in [1.82, 2.24) is 14.8 Å². The number of aryl methyl sites for hydroxylation is 1. The second kappa shape index (κ2) is 9.74. The van der Waals surface area contributed by atoms with E-state index in [4.69, 9.17) is 23.2 Å². The average molecular weight is 477 g/mol.